The standard InChI is InChI=1S/C19H22N6O/c1-3-17-18-5-4-10-23(18)11-12-24(17)19(26)16-8-6-15(7-9-16)13-25-14(2)20-21-22-25/h4-10,17H,3,11-13H2,1-2H3. The molecule has 0 bridgehead atoms. The Bertz CT molecular complexity index is 910. The molecule has 1 unspecified atom stereocenters. The topological polar surface area (TPSA) is 68.8 Å². The van der Waals surface area contributed by atoms with Gasteiger partial charge in [-0.1, -0.05) is 19.1 Å². The van der Waals surface area contributed by atoms with E-state index in [0.29, 0.717) is 6.54 Å². The maximum Gasteiger partial charge on any atom is 0.254 e. The lowest BCUT2D eigenvalue weighted by molar-refractivity contribution is 0.0618. The van der Waals surface area contributed by atoms with Crippen molar-refractivity contribution in [3.8, 4) is 0 Å². The minimum Gasteiger partial charge on any atom is -0.348 e. The Labute approximate surface area is 152 Å². The molecule has 0 fully saturated rings. The van der Waals surface area contributed by atoms with Crippen LogP contribution in [0.5, 0.6) is 0 Å². The number of rotatable bonds is 4. The Kier molecular flexibility index (Phi) is 4.28. The number of carbonyl (C=O) groups excluding carboxylic acids is 1. The fourth-order valence-electron chi connectivity index (χ4n) is 3.62. The SMILES string of the molecule is CCC1c2cccn2CCN1C(=O)c1ccc(Cn2nnnc2C)cc1. The van der Waals surface area contributed by atoms with Crippen molar-refractivity contribution < 1.29 is 4.79 Å². The average Bonchev–Trinajstić information content (AvgIpc) is 3.30. The van der Waals surface area contributed by atoms with Gasteiger partial charge in [-0.25, -0.2) is 4.68 Å². The van der Waals surface area contributed by atoms with E-state index in [-0.39, 0.29) is 11.9 Å². The molecule has 1 aromatic carbocycles. The van der Waals surface area contributed by atoms with E-state index >= 15 is 0 Å². The number of carbonyl (C=O) groups is 1. The summed E-state index contributed by atoms with van der Waals surface area (Å²) in [5.41, 5.74) is 3.01. The first-order valence-corrected chi connectivity index (χ1v) is 8.95. The van der Waals surface area contributed by atoms with E-state index in [1.807, 2.05) is 36.1 Å². The van der Waals surface area contributed by atoms with Crippen LogP contribution in [0.2, 0.25) is 0 Å². The van der Waals surface area contributed by atoms with Gasteiger partial charge >= 0.3 is 0 Å². The van der Waals surface area contributed by atoms with Crippen LogP contribution in [0.4, 0.5) is 0 Å². The molecule has 134 valence electrons. The van der Waals surface area contributed by atoms with Crippen LogP contribution < -0.4 is 0 Å². The van der Waals surface area contributed by atoms with E-state index in [4.69, 9.17) is 0 Å². The average molecular weight is 350 g/mol. The number of hydrogen-bond donors (Lipinski definition) is 0. The molecule has 7 heteroatoms. The summed E-state index contributed by atoms with van der Waals surface area (Å²) in [6.07, 6.45) is 3.00. The molecule has 2 aromatic heterocycles. The summed E-state index contributed by atoms with van der Waals surface area (Å²) in [6, 6.07) is 12.1. The lowest BCUT2D eigenvalue weighted by atomic mass is 10.0. The molecule has 3 heterocycles. The highest BCUT2D eigenvalue weighted by molar-refractivity contribution is 5.94. The summed E-state index contributed by atoms with van der Waals surface area (Å²) in [7, 11) is 0. The van der Waals surface area contributed by atoms with Gasteiger partial charge in [0.05, 0.1) is 12.6 Å². The number of fused-ring (bicyclic) bond motifs is 1. The Morgan fingerprint density at radius 2 is 2.00 bits per heavy atom. The zero-order valence-corrected chi connectivity index (χ0v) is 15.0. The molecular weight excluding hydrogens is 328 g/mol. The van der Waals surface area contributed by atoms with Gasteiger partial charge in [0.2, 0.25) is 0 Å². The molecule has 1 amide bonds. The maximum atomic E-state index is 13.1. The lowest BCUT2D eigenvalue weighted by Gasteiger charge is -2.36. The number of tetrazole rings is 1. The summed E-state index contributed by atoms with van der Waals surface area (Å²) < 4.78 is 3.98. The molecular formula is C19H22N6O. The van der Waals surface area contributed by atoms with Crippen molar-refractivity contribution in [3.05, 3.63) is 65.2 Å². The highest BCUT2D eigenvalue weighted by Crippen LogP contribution is 2.30. The van der Waals surface area contributed by atoms with E-state index in [0.717, 1.165) is 36.5 Å². The predicted octanol–water partition coefficient (Wildman–Crippen LogP) is 2.44. The summed E-state index contributed by atoms with van der Waals surface area (Å²) in [5, 5.41) is 11.5. The Balaban J connectivity index is 1.52. The normalized spacial score (nSPS) is 16.5. The third-order valence-electron chi connectivity index (χ3n) is 5.06. The van der Waals surface area contributed by atoms with Gasteiger partial charge in [-0.15, -0.1) is 5.10 Å². The molecule has 0 radical (unpaired) electrons. The molecule has 0 saturated heterocycles. The van der Waals surface area contributed by atoms with Crippen molar-refractivity contribution in [1.82, 2.24) is 29.7 Å². The van der Waals surface area contributed by atoms with Gasteiger partial charge < -0.3 is 9.47 Å². The van der Waals surface area contributed by atoms with Gasteiger partial charge in [0.25, 0.3) is 5.91 Å². The first-order valence-electron chi connectivity index (χ1n) is 8.95. The van der Waals surface area contributed by atoms with Crippen LogP contribution in [0.25, 0.3) is 0 Å². The molecule has 0 saturated carbocycles. The van der Waals surface area contributed by atoms with Crippen LogP contribution in [0, 0.1) is 6.92 Å². The minimum absolute atomic E-state index is 0.0921. The lowest BCUT2D eigenvalue weighted by Crippen LogP contribution is -2.41. The first-order chi connectivity index (χ1) is 12.7. The smallest absolute Gasteiger partial charge is 0.254 e. The van der Waals surface area contributed by atoms with Gasteiger partial charge in [-0.3, -0.25) is 4.79 Å². The number of aryl methyl sites for hydroxylation is 1. The number of amides is 1. The fraction of sp³-hybridized carbons (Fsp3) is 0.368. The highest BCUT2D eigenvalue weighted by atomic mass is 16.2. The van der Waals surface area contributed by atoms with Gasteiger partial charge in [-0.2, -0.15) is 0 Å². The Morgan fingerprint density at radius 3 is 2.69 bits per heavy atom. The molecule has 4 rings (SSSR count). The number of aromatic nitrogens is 5. The third kappa shape index (κ3) is 2.89. The molecule has 0 aliphatic carbocycles. The second-order valence-electron chi connectivity index (χ2n) is 6.63. The first kappa shape index (κ1) is 16.5. The molecule has 7 nitrogen and oxygen atoms in total. The fourth-order valence-corrected chi connectivity index (χ4v) is 3.62. The van der Waals surface area contributed by atoms with Crippen LogP contribution in [-0.4, -0.2) is 42.1 Å². The molecule has 26 heavy (non-hydrogen) atoms. The summed E-state index contributed by atoms with van der Waals surface area (Å²) >= 11 is 0. The van der Waals surface area contributed by atoms with E-state index < -0.39 is 0 Å². The van der Waals surface area contributed by atoms with Crippen LogP contribution in [0.1, 0.15) is 46.8 Å². The maximum absolute atomic E-state index is 13.1. The van der Waals surface area contributed by atoms with E-state index in [1.165, 1.54) is 5.69 Å². The van der Waals surface area contributed by atoms with Gasteiger partial charge in [0, 0.05) is 30.5 Å². The Hall–Kier alpha value is -2.96. The van der Waals surface area contributed by atoms with E-state index in [1.54, 1.807) is 4.68 Å². The van der Waals surface area contributed by atoms with Crippen molar-refractivity contribution >= 4 is 5.91 Å². The highest BCUT2D eigenvalue weighted by Gasteiger charge is 2.29. The number of benzene rings is 1. The second kappa shape index (κ2) is 6.74. The second-order valence-corrected chi connectivity index (χ2v) is 6.63. The monoisotopic (exact) mass is 350 g/mol. The molecule has 0 N–H and O–H groups in total. The van der Waals surface area contributed by atoms with E-state index in [2.05, 4.69) is 45.3 Å². The molecule has 1 atom stereocenters. The predicted molar refractivity (Wildman–Crippen MR) is 96.6 cm³/mol. The van der Waals surface area contributed by atoms with Crippen LogP contribution in [-0.2, 0) is 13.1 Å². The molecule has 1 aliphatic heterocycles. The summed E-state index contributed by atoms with van der Waals surface area (Å²) in [5.74, 6) is 0.863. The van der Waals surface area contributed by atoms with Crippen molar-refractivity contribution in [2.24, 2.45) is 0 Å². The summed E-state index contributed by atoms with van der Waals surface area (Å²) in [4.78, 5) is 15.1. The van der Waals surface area contributed by atoms with Gasteiger partial charge in [0.15, 0.2) is 0 Å². The molecule has 3 aromatic rings. The van der Waals surface area contributed by atoms with Crippen LogP contribution in [0.15, 0.2) is 42.6 Å². The zero-order valence-electron chi connectivity index (χ0n) is 15.0. The summed E-state index contributed by atoms with van der Waals surface area (Å²) in [6.45, 7) is 6.19. The largest absolute Gasteiger partial charge is 0.348 e. The molecule has 1 aliphatic rings. The van der Waals surface area contributed by atoms with Crippen molar-refractivity contribution in [2.75, 3.05) is 6.54 Å². The van der Waals surface area contributed by atoms with Crippen LogP contribution >= 0.6 is 0 Å². The zero-order chi connectivity index (χ0) is 18.1. The van der Waals surface area contributed by atoms with Crippen molar-refractivity contribution in [3.63, 3.8) is 0 Å². The van der Waals surface area contributed by atoms with E-state index in [9.17, 15) is 4.79 Å². The Morgan fingerprint density at radius 1 is 1.19 bits per heavy atom. The van der Waals surface area contributed by atoms with Crippen LogP contribution in [0.3, 0.4) is 0 Å². The van der Waals surface area contributed by atoms with Crippen molar-refractivity contribution in [2.45, 2.75) is 39.4 Å². The quantitative estimate of drug-likeness (QED) is 0.725. The van der Waals surface area contributed by atoms with Gasteiger partial charge in [0.1, 0.15) is 5.82 Å². The minimum atomic E-state index is 0.0921. The van der Waals surface area contributed by atoms with Gasteiger partial charge in [-0.05, 0) is 53.6 Å². The third-order valence-corrected chi connectivity index (χ3v) is 5.06. The number of hydrogen-bond acceptors (Lipinski definition) is 4. The van der Waals surface area contributed by atoms with Crippen molar-refractivity contribution in [1.29, 1.82) is 0 Å². The molecule has 0 spiro atoms. The number of nitrogens with zero attached hydrogens (tertiary/aromatic N) is 6.